The fraction of sp³-hybridized carbons (Fsp3) is 1.00. The average molecular weight is 266 g/mol. The average Bonchev–Trinajstić information content (AvgIpc) is 2.35. The molecule has 7 heteroatoms. The molecule has 0 radical (unpaired) electrons. The SMILES string of the molecule is CN(C1CCOCC1)S(=O)(=O)CCOCCN. The predicted octanol–water partition coefficient (Wildman–Crippen LogP) is -0.598. The van der Waals surface area contributed by atoms with E-state index in [2.05, 4.69) is 0 Å². The highest BCUT2D eigenvalue weighted by Gasteiger charge is 2.27. The molecule has 0 atom stereocenters. The zero-order valence-electron chi connectivity index (χ0n) is 10.3. The van der Waals surface area contributed by atoms with Crippen LogP contribution in [0.2, 0.25) is 0 Å². The molecule has 0 saturated carbocycles. The maximum absolute atomic E-state index is 12.0. The minimum Gasteiger partial charge on any atom is -0.381 e. The quantitative estimate of drug-likeness (QED) is 0.622. The number of hydrogen-bond acceptors (Lipinski definition) is 5. The Morgan fingerprint density at radius 1 is 1.35 bits per heavy atom. The third kappa shape index (κ3) is 4.89. The Bertz CT molecular complexity index is 301. The van der Waals surface area contributed by atoms with Crippen molar-refractivity contribution < 1.29 is 17.9 Å². The minimum atomic E-state index is -3.23. The van der Waals surface area contributed by atoms with Gasteiger partial charge in [-0.1, -0.05) is 0 Å². The van der Waals surface area contributed by atoms with Gasteiger partial charge in [0.05, 0.1) is 19.0 Å². The van der Waals surface area contributed by atoms with Crippen molar-refractivity contribution in [2.24, 2.45) is 5.73 Å². The summed E-state index contributed by atoms with van der Waals surface area (Å²) >= 11 is 0. The van der Waals surface area contributed by atoms with E-state index >= 15 is 0 Å². The summed E-state index contributed by atoms with van der Waals surface area (Å²) in [6, 6.07) is 0.0586. The van der Waals surface area contributed by atoms with Crippen LogP contribution >= 0.6 is 0 Å². The Balaban J connectivity index is 2.39. The number of nitrogens with zero attached hydrogens (tertiary/aromatic N) is 1. The number of ether oxygens (including phenoxy) is 2. The van der Waals surface area contributed by atoms with Crippen molar-refractivity contribution in [1.82, 2.24) is 4.31 Å². The van der Waals surface area contributed by atoms with E-state index in [0.717, 1.165) is 12.8 Å². The van der Waals surface area contributed by atoms with E-state index in [-0.39, 0.29) is 18.4 Å². The highest BCUT2D eigenvalue weighted by atomic mass is 32.2. The van der Waals surface area contributed by atoms with Gasteiger partial charge < -0.3 is 15.2 Å². The van der Waals surface area contributed by atoms with Gasteiger partial charge >= 0.3 is 0 Å². The standard InChI is InChI=1S/C10H22N2O4S/c1-12(10-2-5-15-6-3-10)17(13,14)9-8-16-7-4-11/h10H,2-9,11H2,1H3. The van der Waals surface area contributed by atoms with E-state index in [9.17, 15) is 8.42 Å². The van der Waals surface area contributed by atoms with Gasteiger partial charge in [-0.25, -0.2) is 12.7 Å². The summed E-state index contributed by atoms with van der Waals surface area (Å²) in [7, 11) is -1.60. The van der Waals surface area contributed by atoms with Crippen LogP contribution in [0.3, 0.4) is 0 Å². The molecule has 0 aromatic carbocycles. The normalized spacial score (nSPS) is 18.8. The van der Waals surface area contributed by atoms with Crippen LogP contribution in [0, 0.1) is 0 Å². The molecule has 17 heavy (non-hydrogen) atoms. The molecule has 0 spiro atoms. The van der Waals surface area contributed by atoms with E-state index in [1.54, 1.807) is 7.05 Å². The van der Waals surface area contributed by atoms with Gasteiger partial charge in [-0.05, 0) is 12.8 Å². The van der Waals surface area contributed by atoms with Crippen molar-refractivity contribution >= 4 is 10.0 Å². The van der Waals surface area contributed by atoms with Crippen molar-refractivity contribution in [2.75, 3.05) is 45.8 Å². The fourth-order valence-corrected chi connectivity index (χ4v) is 3.05. The van der Waals surface area contributed by atoms with Crippen LogP contribution in [0.4, 0.5) is 0 Å². The molecule has 0 aliphatic carbocycles. The molecule has 6 nitrogen and oxygen atoms in total. The predicted molar refractivity (Wildman–Crippen MR) is 65.3 cm³/mol. The van der Waals surface area contributed by atoms with Gasteiger partial charge in [-0.15, -0.1) is 0 Å². The van der Waals surface area contributed by atoms with Crippen molar-refractivity contribution in [3.63, 3.8) is 0 Å². The molecule has 1 rings (SSSR count). The minimum absolute atomic E-state index is 0.0147. The molecule has 0 bridgehead atoms. The maximum atomic E-state index is 12.0. The van der Waals surface area contributed by atoms with E-state index in [1.165, 1.54) is 4.31 Å². The molecular formula is C10H22N2O4S. The van der Waals surface area contributed by atoms with Crippen LogP contribution in [0.1, 0.15) is 12.8 Å². The third-order valence-corrected chi connectivity index (χ3v) is 4.75. The van der Waals surface area contributed by atoms with Gasteiger partial charge in [0.1, 0.15) is 0 Å². The molecular weight excluding hydrogens is 244 g/mol. The van der Waals surface area contributed by atoms with Gasteiger partial charge in [0.25, 0.3) is 0 Å². The summed E-state index contributed by atoms with van der Waals surface area (Å²) in [5.74, 6) is 0.0147. The first-order chi connectivity index (χ1) is 8.08. The van der Waals surface area contributed by atoms with Crippen molar-refractivity contribution in [1.29, 1.82) is 0 Å². The molecule has 102 valence electrons. The van der Waals surface area contributed by atoms with Gasteiger partial charge in [-0.2, -0.15) is 0 Å². The van der Waals surface area contributed by atoms with E-state index in [4.69, 9.17) is 15.2 Å². The Labute approximate surface area is 103 Å². The lowest BCUT2D eigenvalue weighted by molar-refractivity contribution is 0.0629. The fourth-order valence-electron chi connectivity index (χ4n) is 1.77. The summed E-state index contributed by atoms with van der Waals surface area (Å²) in [5, 5.41) is 0. The molecule has 1 fully saturated rings. The highest BCUT2D eigenvalue weighted by molar-refractivity contribution is 7.89. The third-order valence-electron chi connectivity index (χ3n) is 2.89. The number of rotatable bonds is 7. The van der Waals surface area contributed by atoms with Crippen LogP contribution in [0.25, 0.3) is 0 Å². The lowest BCUT2D eigenvalue weighted by Crippen LogP contribution is -2.42. The first-order valence-corrected chi connectivity index (χ1v) is 7.50. The molecule has 2 N–H and O–H groups in total. The van der Waals surface area contributed by atoms with Crippen LogP contribution in [-0.2, 0) is 19.5 Å². The Morgan fingerprint density at radius 2 is 2.00 bits per heavy atom. The molecule has 0 unspecified atom stereocenters. The Hall–Kier alpha value is -0.210. The molecule has 1 saturated heterocycles. The zero-order chi connectivity index (χ0) is 12.7. The smallest absolute Gasteiger partial charge is 0.216 e. The lowest BCUT2D eigenvalue weighted by Gasteiger charge is -2.30. The monoisotopic (exact) mass is 266 g/mol. The van der Waals surface area contributed by atoms with Crippen LogP contribution in [0.5, 0.6) is 0 Å². The van der Waals surface area contributed by atoms with Crippen LogP contribution < -0.4 is 5.73 Å². The lowest BCUT2D eigenvalue weighted by atomic mass is 10.1. The zero-order valence-corrected chi connectivity index (χ0v) is 11.1. The summed E-state index contributed by atoms with van der Waals surface area (Å²) in [4.78, 5) is 0. The van der Waals surface area contributed by atoms with Gasteiger partial charge in [0.15, 0.2) is 0 Å². The summed E-state index contributed by atoms with van der Waals surface area (Å²) in [6.07, 6.45) is 1.53. The second-order valence-electron chi connectivity index (χ2n) is 4.08. The second-order valence-corrected chi connectivity index (χ2v) is 6.22. The number of nitrogens with two attached hydrogens (primary N) is 1. The molecule has 1 aliphatic rings. The summed E-state index contributed by atoms with van der Waals surface area (Å²) in [5.41, 5.74) is 5.26. The molecule has 0 aromatic heterocycles. The van der Waals surface area contributed by atoms with Crippen molar-refractivity contribution in [3.8, 4) is 0 Å². The molecule has 1 heterocycles. The molecule has 0 aromatic rings. The largest absolute Gasteiger partial charge is 0.381 e. The van der Waals surface area contributed by atoms with Crippen molar-refractivity contribution in [3.05, 3.63) is 0 Å². The second kappa shape index (κ2) is 7.27. The Morgan fingerprint density at radius 3 is 2.59 bits per heavy atom. The van der Waals surface area contributed by atoms with Crippen molar-refractivity contribution in [2.45, 2.75) is 18.9 Å². The van der Waals surface area contributed by atoms with Crippen LogP contribution in [-0.4, -0.2) is 64.5 Å². The first kappa shape index (κ1) is 14.8. The number of hydrogen-bond donors (Lipinski definition) is 1. The Kier molecular flexibility index (Phi) is 6.35. The summed E-state index contributed by atoms with van der Waals surface area (Å²) in [6.45, 7) is 2.28. The first-order valence-electron chi connectivity index (χ1n) is 5.89. The summed E-state index contributed by atoms with van der Waals surface area (Å²) < 4.78 is 35.7. The molecule has 1 aliphatic heterocycles. The topological polar surface area (TPSA) is 81.9 Å². The van der Waals surface area contributed by atoms with E-state index < -0.39 is 10.0 Å². The molecule has 0 amide bonds. The number of sulfonamides is 1. The van der Waals surface area contributed by atoms with Gasteiger partial charge in [0.2, 0.25) is 10.0 Å². The van der Waals surface area contributed by atoms with E-state index in [1.807, 2.05) is 0 Å². The van der Waals surface area contributed by atoms with E-state index in [0.29, 0.717) is 26.4 Å². The highest BCUT2D eigenvalue weighted by Crippen LogP contribution is 2.16. The van der Waals surface area contributed by atoms with Gasteiger partial charge in [0, 0.05) is 32.8 Å². The maximum Gasteiger partial charge on any atom is 0.216 e. The van der Waals surface area contributed by atoms with Crippen LogP contribution in [0.15, 0.2) is 0 Å². The van der Waals surface area contributed by atoms with Gasteiger partial charge in [-0.3, -0.25) is 0 Å².